The van der Waals surface area contributed by atoms with Gasteiger partial charge in [0.2, 0.25) is 0 Å². The first-order valence-electron chi connectivity index (χ1n) is 5.40. The second-order valence-electron chi connectivity index (χ2n) is 4.70. The van der Waals surface area contributed by atoms with E-state index >= 15 is 0 Å². The lowest BCUT2D eigenvalue weighted by molar-refractivity contribution is -0.152. The van der Waals surface area contributed by atoms with Crippen LogP contribution in [0.3, 0.4) is 0 Å². The van der Waals surface area contributed by atoms with Crippen molar-refractivity contribution in [3.63, 3.8) is 0 Å². The number of aryl methyl sites for hydroxylation is 1. The molecule has 0 aromatic heterocycles. The molecule has 0 saturated heterocycles. The predicted molar refractivity (Wildman–Crippen MR) is 68.9 cm³/mol. The number of ether oxygens (including phenoxy) is 1. The molecule has 0 saturated carbocycles. The first kappa shape index (κ1) is 14.0. The lowest BCUT2D eigenvalue weighted by Crippen LogP contribution is -2.37. The molecule has 4 heteroatoms. The molecule has 0 fully saturated rings. The zero-order chi connectivity index (χ0) is 13.2. The third kappa shape index (κ3) is 2.79. The minimum Gasteiger partial charge on any atom is -0.469 e. The average molecular weight is 256 g/mol. The summed E-state index contributed by atoms with van der Waals surface area (Å²) in [6, 6.07) is 5.13. The minimum atomic E-state index is -0.784. The summed E-state index contributed by atoms with van der Waals surface area (Å²) >= 11 is 6.05. The molecule has 1 rings (SSSR count). The predicted octanol–water partition coefficient (Wildman–Crippen LogP) is 2.85. The molecule has 0 aliphatic carbocycles. The average Bonchev–Trinajstić information content (AvgIpc) is 2.30. The van der Waals surface area contributed by atoms with E-state index in [-0.39, 0.29) is 5.97 Å². The van der Waals surface area contributed by atoms with Crippen LogP contribution in [0.1, 0.15) is 31.0 Å². The Hall–Kier alpha value is -1.06. The summed E-state index contributed by atoms with van der Waals surface area (Å²) in [6.07, 6.45) is 0. The van der Waals surface area contributed by atoms with Gasteiger partial charge < -0.3 is 10.5 Å². The van der Waals surface area contributed by atoms with Crippen LogP contribution in [-0.2, 0) is 9.53 Å². The van der Waals surface area contributed by atoms with Gasteiger partial charge >= 0.3 is 5.97 Å². The summed E-state index contributed by atoms with van der Waals surface area (Å²) in [6.45, 7) is 5.44. The number of methoxy groups -OCH3 is 1. The topological polar surface area (TPSA) is 52.3 Å². The Morgan fingerprint density at radius 3 is 2.53 bits per heavy atom. The van der Waals surface area contributed by atoms with Crippen molar-refractivity contribution in [2.24, 2.45) is 11.1 Å². The lowest BCUT2D eigenvalue weighted by atomic mass is 9.81. The van der Waals surface area contributed by atoms with Gasteiger partial charge in [0.1, 0.15) is 0 Å². The third-order valence-electron chi connectivity index (χ3n) is 3.04. The zero-order valence-corrected chi connectivity index (χ0v) is 11.3. The highest BCUT2D eigenvalue weighted by molar-refractivity contribution is 6.31. The van der Waals surface area contributed by atoms with Gasteiger partial charge in [-0.1, -0.05) is 23.7 Å². The third-order valence-corrected chi connectivity index (χ3v) is 3.45. The van der Waals surface area contributed by atoms with Crippen LogP contribution < -0.4 is 5.73 Å². The minimum absolute atomic E-state index is 0.332. The van der Waals surface area contributed by atoms with Crippen molar-refractivity contribution in [2.75, 3.05) is 7.11 Å². The summed E-state index contributed by atoms with van der Waals surface area (Å²) in [5.41, 5.74) is 7.14. The van der Waals surface area contributed by atoms with Crippen molar-refractivity contribution >= 4 is 17.6 Å². The van der Waals surface area contributed by atoms with Gasteiger partial charge in [-0.3, -0.25) is 4.79 Å². The Morgan fingerprint density at radius 1 is 1.47 bits per heavy atom. The van der Waals surface area contributed by atoms with E-state index in [1.54, 1.807) is 19.9 Å². The van der Waals surface area contributed by atoms with Gasteiger partial charge in [-0.25, -0.2) is 0 Å². The molecule has 1 aromatic carbocycles. The van der Waals surface area contributed by atoms with Gasteiger partial charge in [0.05, 0.1) is 12.5 Å². The van der Waals surface area contributed by atoms with Crippen molar-refractivity contribution in [3.8, 4) is 0 Å². The van der Waals surface area contributed by atoms with Crippen molar-refractivity contribution in [1.82, 2.24) is 0 Å². The van der Waals surface area contributed by atoms with Crippen LogP contribution in [0.25, 0.3) is 0 Å². The highest BCUT2D eigenvalue weighted by atomic mass is 35.5. The van der Waals surface area contributed by atoms with Gasteiger partial charge in [0.25, 0.3) is 0 Å². The first-order chi connectivity index (χ1) is 7.80. The van der Waals surface area contributed by atoms with E-state index in [9.17, 15) is 4.79 Å². The van der Waals surface area contributed by atoms with Gasteiger partial charge in [0, 0.05) is 11.1 Å². The summed E-state index contributed by atoms with van der Waals surface area (Å²) in [5, 5.41) is 0.651. The van der Waals surface area contributed by atoms with Gasteiger partial charge in [-0.15, -0.1) is 0 Å². The van der Waals surface area contributed by atoms with E-state index in [2.05, 4.69) is 0 Å². The van der Waals surface area contributed by atoms with Crippen LogP contribution in [0.2, 0.25) is 5.02 Å². The molecule has 0 heterocycles. The van der Waals surface area contributed by atoms with Crippen molar-refractivity contribution in [1.29, 1.82) is 0 Å². The second-order valence-corrected chi connectivity index (χ2v) is 5.11. The first-order valence-corrected chi connectivity index (χ1v) is 5.78. The van der Waals surface area contributed by atoms with Crippen molar-refractivity contribution in [3.05, 3.63) is 34.3 Å². The molecule has 3 nitrogen and oxygen atoms in total. The van der Waals surface area contributed by atoms with Gasteiger partial charge in [0.15, 0.2) is 0 Å². The molecular formula is C13H18ClNO2. The lowest BCUT2D eigenvalue weighted by Gasteiger charge is -2.29. The number of benzene rings is 1. The zero-order valence-electron chi connectivity index (χ0n) is 10.6. The fourth-order valence-electron chi connectivity index (χ4n) is 1.61. The Bertz CT molecular complexity index is 429. The van der Waals surface area contributed by atoms with Crippen molar-refractivity contribution < 1.29 is 9.53 Å². The van der Waals surface area contributed by atoms with Crippen LogP contribution in [0.4, 0.5) is 0 Å². The fraction of sp³-hybridized carbons (Fsp3) is 0.462. The van der Waals surface area contributed by atoms with Gasteiger partial charge in [-0.05, 0) is 38.0 Å². The van der Waals surface area contributed by atoms with E-state index in [0.717, 1.165) is 11.1 Å². The molecule has 0 amide bonds. The standard InChI is InChI=1S/C13H18ClNO2/c1-8-5-6-9(7-10(8)14)11(15)13(2,3)12(16)17-4/h5-7,11H,15H2,1-4H3/t11-/m0/s1. The number of esters is 1. The Kier molecular flexibility index (Phi) is 4.17. The molecule has 17 heavy (non-hydrogen) atoms. The van der Waals surface area contributed by atoms with E-state index in [1.807, 2.05) is 19.1 Å². The summed E-state index contributed by atoms with van der Waals surface area (Å²) < 4.78 is 4.76. The molecule has 94 valence electrons. The molecule has 1 atom stereocenters. The number of nitrogens with two attached hydrogens (primary N) is 1. The number of rotatable bonds is 3. The number of hydrogen-bond acceptors (Lipinski definition) is 3. The van der Waals surface area contributed by atoms with E-state index < -0.39 is 11.5 Å². The van der Waals surface area contributed by atoms with E-state index in [1.165, 1.54) is 7.11 Å². The number of carbonyl (C=O) groups is 1. The smallest absolute Gasteiger partial charge is 0.313 e. The van der Waals surface area contributed by atoms with Gasteiger partial charge in [-0.2, -0.15) is 0 Å². The Morgan fingerprint density at radius 2 is 2.06 bits per heavy atom. The summed E-state index contributed by atoms with van der Waals surface area (Å²) in [5.74, 6) is -0.332. The quantitative estimate of drug-likeness (QED) is 0.845. The molecule has 0 unspecified atom stereocenters. The second kappa shape index (κ2) is 5.07. The molecule has 1 aromatic rings. The van der Waals surface area contributed by atoms with Crippen LogP contribution in [0, 0.1) is 12.3 Å². The Balaban J connectivity index is 3.07. The SMILES string of the molecule is COC(=O)C(C)(C)[C@@H](N)c1ccc(C)c(Cl)c1. The monoisotopic (exact) mass is 255 g/mol. The van der Waals surface area contributed by atoms with Crippen molar-refractivity contribution in [2.45, 2.75) is 26.8 Å². The van der Waals surface area contributed by atoms with Crippen LogP contribution in [-0.4, -0.2) is 13.1 Å². The summed E-state index contributed by atoms with van der Waals surface area (Å²) in [4.78, 5) is 11.7. The molecule has 0 radical (unpaired) electrons. The van der Waals surface area contributed by atoms with Crippen LogP contribution >= 0.6 is 11.6 Å². The number of carbonyl (C=O) groups excluding carboxylic acids is 1. The molecule has 0 aliphatic rings. The maximum Gasteiger partial charge on any atom is 0.313 e. The fourth-order valence-corrected chi connectivity index (χ4v) is 1.80. The molecular weight excluding hydrogens is 238 g/mol. The molecule has 0 aliphatic heterocycles. The highest BCUT2D eigenvalue weighted by Gasteiger charge is 2.36. The number of halogens is 1. The largest absolute Gasteiger partial charge is 0.469 e. The summed E-state index contributed by atoms with van der Waals surface area (Å²) in [7, 11) is 1.36. The normalized spacial score (nSPS) is 13.3. The maximum atomic E-state index is 11.7. The molecule has 2 N–H and O–H groups in total. The van der Waals surface area contributed by atoms with Crippen LogP contribution in [0.15, 0.2) is 18.2 Å². The molecule has 0 bridgehead atoms. The highest BCUT2D eigenvalue weighted by Crippen LogP contribution is 2.33. The van der Waals surface area contributed by atoms with E-state index in [0.29, 0.717) is 5.02 Å². The Labute approximate surface area is 107 Å². The van der Waals surface area contributed by atoms with E-state index in [4.69, 9.17) is 22.1 Å². The number of hydrogen-bond donors (Lipinski definition) is 1. The van der Waals surface area contributed by atoms with Crippen LogP contribution in [0.5, 0.6) is 0 Å². The molecule has 0 spiro atoms. The maximum absolute atomic E-state index is 11.7.